The molecule has 3 heteroatoms. The minimum Gasteiger partial charge on any atom is -0.0836 e. The van der Waals surface area contributed by atoms with E-state index < -0.39 is 0 Å². The fraction of sp³-hybridized carbons (Fsp3) is 0. The molecule has 0 saturated heterocycles. The van der Waals surface area contributed by atoms with Crippen LogP contribution in [0.1, 0.15) is 5.56 Å². The summed E-state index contributed by atoms with van der Waals surface area (Å²) < 4.78 is 0.803. The van der Waals surface area contributed by atoms with E-state index in [0.717, 1.165) is 14.7 Å². The lowest BCUT2D eigenvalue weighted by Gasteiger charge is -2.05. The molecule has 80 valence electrons. The van der Waals surface area contributed by atoms with Gasteiger partial charge < -0.3 is 0 Å². The highest BCUT2D eigenvalue weighted by Gasteiger charge is 2.06. The fourth-order valence-electron chi connectivity index (χ4n) is 1.28. The normalized spacial score (nSPS) is 10.1. The average Bonchev–Trinajstić information content (AvgIpc) is 2.31. The molecule has 0 saturated carbocycles. The zero-order valence-electron chi connectivity index (χ0n) is 8.39. The number of hydrogen-bond donors (Lipinski definition) is 0. The van der Waals surface area contributed by atoms with Crippen molar-refractivity contribution in [1.29, 1.82) is 0 Å². The van der Waals surface area contributed by atoms with Gasteiger partial charge in [0.25, 0.3) is 0 Å². The van der Waals surface area contributed by atoms with Crippen molar-refractivity contribution in [3.05, 3.63) is 65.2 Å². The third kappa shape index (κ3) is 2.85. The van der Waals surface area contributed by atoms with Gasteiger partial charge in [0.2, 0.25) is 0 Å². The lowest BCUT2D eigenvalue weighted by molar-refractivity contribution is 1.48. The molecule has 0 fully saturated rings. The Kier molecular flexibility index (Phi) is 3.99. The summed E-state index contributed by atoms with van der Waals surface area (Å²) in [4.78, 5) is 1.13. The second-order valence-corrected chi connectivity index (χ2v) is 5.34. The summed E-state index contributed by atoms with van der Waals surface area (Å²) >= 11 is 13.0. The summed E-state index contributed by atoms with van der Waals surface area (Å²) in [5.41, 5.74) is 0.924. The van der Waals surface area contributed by atoms with Crippen LogP contribution in [0, 0.1) is 0 Å². The molecule has 0 aromatic heterocycles. The maximum atomic E-state index is 6.08. The largest absolute Gasteiger partial charge is 0.0840 e. The Morgan fingerprint density at radius 1 is 0.938 bits per heavy atom. The number of rotatable bonds is 2. The second-order valence-electron chi connectivity index (χ2n) is 3.18. The molecular weight excluding hydrogens is 256 g/mol. The lowest BCUT2D eigenvalue weighted by Crippen LogP contribution is -1.92. The predicted octanol–water partition coefficient (Wildman–Crippen LogP) is 4.81. The van der Waals surface area contributed by atoms with Crippen molar-refractivity contribution in [2.75, 3.05) is 0 Å². The molecular formula is C13H9ClS2. The van der Waals surface area contributed by atoms with Gasteiger partial charge in [-0.15, -0.1) is 0 Å². The van der Waals surface area contributed by atoms with Crippen molar-refractivity contribution < 1.29 is 0 Å². The van der Waals surface area contributed by atoms with Crippen LogP contribution in [0.5, 0.6) is 0 Å². The van der Waals surface area contributed by atoms with Crippen molar-refractivity contribution in [2.24, 2.45) is 0 Å². The number of benzene rings is 2. The molecule has 16 heavy (non-hydrogen) atoms. The highest BCUT2D eigenvalue weighted by atomic mass is 35.5. The summed E-state index contributed by atoms with van der Waals surface area (Å²) in [6, 6.07) is 17.7. The van der Waals surface area contributed by atoms with Gasteiger partial charge in [-0.1, -0.05) is 72.0 Å². The summed E-state index contributed by atoms with van der Waals surface area (Å²) in [7, 11) is 0. The Morgan fingerprint density at radius 2 is 1.56 bits per heavy atom. The quantitative estimate of drug-likeness (QED) is 0.564. The maximum absolute atomic E-state index is 6.08. The van der Waals surface area contributed by atoms with E-state index in [1.54, 1.807) is 11.8 Å². The molecule has 2 aromatic carbocycles. The van der Waals surface area contributed by atoms with E-state index in [1.165, 1.54) is 0 Å². The smallest absolute Gasteiger partial charge is 0.0836 e. The summed E-state index contributed by atoms with van der Waals surface area (Å²) in [6.45, 7) is 0. The van der Waals surface area contributed by atoms with E-state index in [1.807, 2.05) is 54.6 Å². The first-order chi connectivity index (χ1) is 7.77. The van der Waals surface area contributed by atoms with Gasteiger partial charge in [0, 0.05) is 15.5 Å². The SMILES string of the molecule is S=C(Sc1ccccc1)c1ccccc1Cl. The number of thiocarbonyl (C=S) groups is 1. The molecule has 0 bridgehead atoms. The van der Waals surface area contributed by atoms with Crippen molar-refractivity contribution >= 4 is 39.8 Å². The van der Waals surface area contributed by atoms with E-state index >= 15 is 0 Å². The van der Waals surface area contributed by atoms with Gasteiger partial charge in [-0.3, -0.25) is 0 Å². The second kappa shape index (κ2) is 5.48. The molecule has 0 heterocycles. The van der Waals surface area contributed by atoms with Crippen molar-refractivity contribution in [2.45, 2.75) is 4.90 Å². The first kappa shape index (κ1) is 11.6. The van der Waals surface area contributed by atoms with Gasteiger partial charge in [0.1, 0.15) is 0 Å². The maximum Gasteiger partial charge on any atom is 0.0840 e. The van der Waals surface area contributed by atoms with Gasteiger partial charge in [-0.25, -0.2) is 0 Å². The Hall–Kier alpha value is -0.830. The summed E-state index contributed by atoms with van der Waals surface area (Å²) in [6.07, 6.45) is 0. The minimum absolute atomic E-state index is 0.705. The zero-order valence-corrected chi connectivity index (χ0v) is 10.8. The third-order valence-corrected chi connectivity index (χ3v) is 3.76. The van der Waals surface area contributed by atoms with Crippen LogP contribution < -0.4 is 0 Å². The van der Waals surface area contributed by atoms with Crippen LogP contribution in [-0.2, 0) is 0 Å². The van der Waals surface area contributed by atoms with Crippen LogP contribution in [-0.4, -0.2) is 4.20 Å². The highest BCUT2D eigenvalue weighted by molar-refractivity contribution is 8.23. The Bertz CT molecular complexity index is 494. The minimum atomic E-state index is 0.705. The van der Waals surface area contributed by atoms with Crippen molar-refractivity contribution in [3.63, 3.8) is 0 Å². The fourth-order valence-corrected chi connectivity index (χ4v) is 2.88. The third-order valence-electron chi connectivity index (χ3n) is 2.05. The Labute approximate surface area is 110 Å². The van der Waals surface area contributed by atoms with Crippen LogP contribution in [0.25, 0.3) is 0 Å². The Balaban J connectivity index is 2.19. The van der Waals surface area contributed by atoms with Crippen LogP contribution in [0.4, 0.5) is 0 Å². The molecule has 0 aliphatic heterocycles. The standard InChI is InChI=1S/C13H9ClS2/c14-12-9-5-4-8-11(12)13(15)16-10-6-2-1-3-7-10/h1-9H. The van der Waals surface area contributed by atoms with Crippen molar-refractivity contribution in [3.8, 4) is 0 Å². The molecule has 2 aromatic rings. The summed E-state index contributed by atoms with van der Waals surface area (Å²) in [5, 5.41) is 0.705. The van der Waals surface area contributed by atoms with E-state index in [9.17, 15) is 0 Å². The molecule has 0 nitrogen and oxygen atoms in total. The van der Waals surface area contributed by atoms with Crippen LogP contribution in [0.15, 0.2) is 59.5 Å². The van der Waals surface area contributed by atoms with E-state index in [-0.39, 0.29) is 0 Å². The molecule has 0 atom stereocenters. The topological polar surface area (TPSA) is 0 Å². The van der Waals surface area contributed by atoms with E-state index in [2.05, 4.69) is 0 Å². The van der Waals surface area contributed by atoms with E-state index in [4.69, 9.17) is 23.8 Å². The first-order valence-electron chi connectivity index (χ1n) is 4.79. The number of halogens is 1. The molecule has 2 rings (SSSR count). The van der Waals surface area contributed by atoms with Crippen LogP contribution in [0.3, 0.4) is 0 Å². The van der Waals surface area contributed by atoms with E-state index in [0.29, 0.717) is 5.02 Å². The van der Waals surface area contributed by atoms with Gasteiger partial charge in [-0.05, 0) is 18.2 Å². The molecule has 0 radical (unpaired) electrons. The first-order valence-corrected chi connectivity index (χ1v) is 6.39. The highest BCUT2D eigenvalue weighted by Crippen LogP contribution is 2.27. The molecule has 0 aliphatic carbocycles. The molecule has 0 spiro atoms. The van der Waals surface area contributed by atoms with Crippen LogP contribution in [0.2, 0.25) is 5.02 Å². The Morgan fingerprint density at radius 3 is 2.25 bits per heavy atom. The average molecular weight is 265 g/mol. The van der Waals surface area contributed by atoms with Crippen molar-refractivity contribution in [1.82, 2.24) is 0 Å². The molecule has 0 unspecified atom stereocenters. The molecule has 0 N–H and O–H groups in total. The number of thioether (sulfide) groups is 1. The molecule has 0 aliphatic rings. The monoisotopic (exact) mass is 264 g/mol. The van der Waals surface area contributed by atoms with Crippen LogP contribution >= 0.6 is 35.6 Å². The predicted molar refractivity (Wildman–Crippen MR) is 75.5 cm³/mol. The summed E-state index contributed by atoms with van der Waals surface area (Å²) in [5.74, 6) is 0. The van der Waals surface area contributed by atoms with Gasteiger partial charge in [0.05, 0.1) is 4.20 Å². The van der Waals surface area contributed by atoms with Gasteiger partial charge in [-0.2, -0.15) is 0 Å². The van der Waals surface area contributed by atoms with Gasteiger partial charge >= 0.3 is 0 Å². The molecule has 0 amide bonds. The van der Waals surface area contributed by atoms with Gasteiger partial charge in [0.15, 0.2) is 0 Å². The zero-order chi connectivity index (χ0) is 11.4. The number of hydrogen-bond acceptors (Lipinski definition) is 2. The lowest BCUT2D eigenvalue weighted by atomic mass is 10.2.